The minimum atomic E-state index is -0.178. The normalized spacial score (nSPS) is 11.1. The Bertz CT molecular complexity index is 337. The van der Waals surface area contributed by atoms with Gasteiger partial charge in [-0.2, -0.15) is 0 Å². The maximum absolute atomic E-state index is 5.78. The molecule has 1 aromatic carbocycles. The number of benzene rings is 1. The van der Waals surface area contributed by atoms with Gasteiger partial charge in [0.1, 0.15) is 11.4 Å². The molecule has 0 bridgehead atoms. The van der Waals surface area contributed by atoms with Crippen molar-refractivity contribution >= 4 is 22.0 Å². The first-order valence-electron chi connectivity index (χ1n) is 4.54. The molecule has 0 aliphatic carbocycles. The van der Waals surface area contributed by atoms with Gasteiger partial charge in [-0.05, 0) is 48.3 Å². The van der Waals surface area contributed by atoms with Gasteiger partial charge in [-0.25, -0.2) is 0 Å². The Labute approximate surface area is 93.9 Å². The van der Waals surface area contributed by atoms with Crippen LogP contribution in [0.5, 0.6) is 5.75 Å². The Morgan fingerprint density at radius 2 is 2.00 bits per heavy atom. The van der Waals surface area contributed by atoms with Gasteiger partial charge in [-0.3, -0.25) is 0 Å². The first-order chi connectivity index (χ1) is 6.44. The lowest BCUT2D eigenvalue weighted by Crippen LogP contribution is -2.23. The van der Waals surface area contributed by atoms with Crippen LogP contribution in [0, 0.1) is 0 Å². The van der Waals surface area contributed by atoms with E-state index < -0.39 is 0 Å². The zero-order chi connectivity index (χ0) is 10.8. The highest BCUT2D eigenvalue weighted by Gasteiger charge is 2.14. The van der Waals surface area contributed by atoms with Crippen LogP contribution in [0.3, 0.4) is 0 Å². The van der Waals surface area contributed by atoms with Crippen molar-refractivity contribution in [2.45, 2.75) is 26.4 Å². The number of halogens is 1. The van der Waals surface area contributed by atoms with Gasteiger partial charge < -0.3 is 4.74 Å². The lowest BCUT2D eigenvalue weighted by atomic mass is 10.1. The van der Waals surface area contributed by atoms with Crippen LogP contribution in [-0.2, 0) is 0 Å². The van der Waals surface area contributed by atoms with Gasteiger partial charge in [0.2, 0.25) is 0 Å². The summed E-state index contributed by atoms with van der Waals surface area (Å²) in [5.74, 6) is 0.856. The summed E-state index contributed by atoms with van der Waals surface area (Å²) in [6.45, 7) is 9.83. The van der Waals surface area contributed by atoms with Crippen molar-refractivity contribution in [2.75, 3.05) is 0 Å². The molecule has 0 aliphatic heterocycles. The molecule has 0 radical (unpaired) electrons. The molecule has 0 atom stereocenters. The van der Waals surface area contributed by atoms with E-state index in [2.05, 4.69) is 22.5 Å². The molecule has 1 aromatic rings. The van der Waals surface area contributed by atoms with Gasteiger partial charge in [0.25, 0.3) is 0 Å². The van der Waals surface area contributed by atoms with Crippen LogP contribution in [0.1, 0.15) is 26.3 Å². The second-order valence-corrected chi connectivity index (χ2v) is 4.87. The molecule has 1 nitrogen and oxygen atoms in total. The zero-order valence-corrected chi connectivity index (χ0v) is 10.4. The van der Waals surface area contributed by atoms with E-state index in [-0.39, 0.29) is 5.60 Å². The van der Waals surface area contributed by atoms with Crippen LogP contribution >= 0.6 is 15.9 Å². The Hall–Kier alpha value is -0.760. The molecule has 0 unspecified atom stereocenters. The summed E-state index contributed by atoms with van der Waals surface area (Å²) in [6.07, 6.45) is 1.81. The van der Waals surface area contributed by atoms with E-state index in [1.807, 2.05) is 39.0 Å². The molecule has 0 fully saturated rings. The minimum Gasteiger partial charge on any atom is -0.487 e. The van der Waals surface area contributed by atoms with Gasteiger partial charge in [0, 0.05) is 0 Å². The molecule has 0 spiro atoms. The van der Waals surface area contributed by atoms with E-state index in [1.54, 1.807) is 6.08 Å². The highest BCUT2D eigenvalue weighted by atomic mass is 79.9. The largest absolute Gasteiger partial charge is 0.487 e. The van der Waals surface area contributed by atoms with Crippen LogP contribution in [0.25, 0.3) is 6.08 Å². The molecule has 0 aromatic heterocycles. The third-order valence-corrected chi connectivity index (χ3v) is 2.48. The molecule has 14 heavy (non-hydrogen) atoms. The van der Waals surface area contributed by atoms with Crippen molar-refractivity contribution in [1.29, 1.82) is 0 Å². The molecule has 0 saturated heterocycles. The molecular formula is C12H15BrO. The fourth-order valence-electron chi connectivity index (χ4n) is 1.09. The van der Waals surface area contributed by atoms with Crippen molar-refractivity contribution in [2.24, 2.45) is 0 Å². The van der Waals surface area contributed by atoms with Crippen molar-refractivity contribution in [1.82, 2.24) is 0 Å². The van der Waals surface area contributed by atoms with E-state index in [4.69, 9.17) is 4.74 Å². The Kier molecular flexibility index (Phi) is 3.38. The van der Waals surface area contributed by atoms with Crippen molar-refractivity contribution in [3.05, 3.63) is 34.8 Å². The number of rotatable bonds is 2. The fraction of sp³-hybridized carbons (Fsp3) is 0.333. The first-order valence-corrected chi connectivity index (χ1v) is 5.33. The van der Waals surface area contributed by atoms with Gasteiger partial charge >= 0.3 is 0 Å². The smallest absolute Gasteiger partial charge is 0.134 e. The molecule has 0 heterocycles. The minimum absolute atomic E-state index is 0.178. The zero-order valence-electron chi connectivity index (χ0n) is 8.80. The van der Waals surface area contributed by atoms with Gasteiger partial charge in [0.05, 0.1) is 4.47 Å². The number of ether oxygens (including phenoxy) is 1. The quantitative estimate of drug-likeness (QED) is 0.766. The van der Waals surface area contributed by atoms with Crippen LogP contribution in [-0.4, -0.2) is 5.60 Å². The van der Waals surface area contributed by atoms with Crippen LogP contribution in [0.4, 0.5) is 0 Å². The third kappa shape index (κ3) is 2.88. The molecule has 0 amide bonds. The summed E-state index contributed by atoms with van der Waals surface area (Å²) in [5.41, 5.74) is 0.870. The molecule has 2 heteroatoms. The predicted molar refractivity (Wildman–Crippen MR) is 64.6 cm³/mol. The first kappa shape index (κ1) is 11.3. The maximum Gasteiger partial charge on any atom is 0.134 e. The summed E-state index contributed by atoms with van der Waals surface area (Å²) in [7, 11) is 0. The average Bonchev–Trinajstić information content (AvgIpc) is 2.06. The third-order valence-electron chi connectivity index (χ3n) is 1.63. The monoisotopic (exact) mass is 254 g/mol. The predicted octanol–water partition coefficient (Wildman–Crippen LogP) is 4.27. The molecule has 76 valence electrons. The highest BCUT2D eigenvalue weighted by Crippen LogP contribution is 2.31. The average molecular weight is 255 g/mol. The molecule has 0 aliphatic rings. The molecule has 0 N–H and O–H groups in total. The lowest BCUT2D eigenvalue weighted by Gasteiger charge is -2.22. The SMILES string of the molecule is C=Cc1cccc(OC(C)(C)C)c1Br. The Morgan fingerprint density at radius 1 is 1.36 bits per heavy atom. The van der Waals surface area contributed by atoms with Crippen molar-refractivity contribution in [3.8, 4) is 5.75 Å². The Morgan fingerprint density at radius 3 is 2.50 bits per heavy atom. The highest BCUT2D eigenvalue weighted by molar-refractivity contribution is 9.10. The van der Waals surface area contributed by atoms with Gasteiger partial charge in [-0.1, -0.05) is 24.8 Å². The van der Waals surface area contributed by atoms with Gasteiger partial charge in [0.15, 0.2) is 0 Å². The van der Waals surface area contributed by atoms with E-state index in [0.717, 1.165) is 15.8 Å². The number of hydrogen-bond donors (Lipinski definition) is 0. The van der Waals surface area contributed by atoms with Crippen LogP contribution in [0.2, 0.25) is 0 Å². The summed E-state index contributed by atoms with van der Waals surface area (Å²) in [6, 6.07) is 5.90. The second kappa shape index (κ2) is 4.18. The Balaban J connectivity index is 3.04. The fourth-order valence-corrected chi connectivity index (χ4v) is 1.60. The maximum atomic E-state index is 5.78. The standard InChI is InChI=1S/C12H15BrO/c1-5-9-7-6-8-10(11(9)13)14-12(2,3)4/h5-8H,1H2,2-4H3. The van der Waals surface area contributed by atoms with E-state index in [0.29, 0.717) is 0 Å². The van der Waals surface area contributed by atoms with E-state index in [1.165, 1.54) is 0 Å². The van der Waals surface area contributed by atoms with E-state index >= 15 is 0 Å². The summed E-state index contributed by atoms with van der Waals surface area (Å²) < 4.78 is 6.74. The molecule has 1 rings (SSSR count). The number of hydrogen-bond acceptors (Lipinski definition) is 1. The van der Waals surface area contributed by atoms with Gasteiger partial charge in [-0.15, -0.1) is 0 Å². The second-order valence-electron chi connectivity index (χ2n) is 4.08. The molecular weight excluding hydrogens is 240 g/mol. The van der Waals surface area contributed by atoms with E-state index in [9.17, 15) is 0 Å². The van der Waals surface area contributed by atoms with Crippen molar-refractivity contribution in [3.63, 3.8) is 0 Å². The topological polar surface area (TPSA) is 9.23 Å². The van der Waals surface area contributed by atoms with Crippen LogP contribution < -0.4 is 4.74 Å². The van der Waals surface area contributed by atoms with Crippen LogP contribution in [0.15, 0.2) is 29.3 Å². The van der Waals surface area contributed by atoms with Crippen molar-refractivity contribution < 1.29 is 4.74 Å². The molecule has 0 saturated carbocycles. The summed E-state index contributed by atoms with van der Waals surface area (Å²) in [5, 5.41) is 0. The lowest BCUT2D eigenvalue weighted by molar-refractivity contribution is 0.130. The summed E-state index contributed by atoms with van der Waals surface area (Å²) in [4.78, 5) is 0. The summed E-state index contributed by atoms with van der Waals surface area (Å²) >= 11 is 3.50.